The second-order valence-corrected chi connectivity index (χ2v) is 5.93. The Kier molecular flexibility index (Phi) is 7.54. The SMILES string of the molecule is CC(C)CCC(=O)NCC(=O)OCc1ccc(Cl)c(Cl)c1. The second kappa shape index (κ2) is 8.90. The van der Waals surface area contributed by atoms with Crippen molar-refractivity contribution >= 4 is 35.1 Å². The summed E-state index contributed by atoms with van der Waals surface area (Å²) in [6.07, 6.45) is 1.21. The lowest BCUT2D eigenvalue weighted by Gasteiger charge is -2.08. The first-order valence-electron chi connectivity index (χ1n) is 6.74. The van der Waals surface area contributed by atoms with Crippen LogP contribution in [0, 0.1) is 5.92 Å². The Bertz CT molecular complexity index is 504. The van der Waals surface area contributed by atoms with Gasteiger partial charge in [-0.05, 0) is 30.0 Å². The minimum atomic E-state index is -0.487. The summed E-state index contributed by atoms with van der Waals surface area (Å²) in [5, 5.41) is 3.39. The van der Waals surface area contributed by atoms with Gasteiger partial charge in [-0.2, -0.15) is 0 Å². The van der Waals surface area contributed by atoms with E-state index >= 15 is 0 Å². The molecule has 0 aromatic heterocycles. The van der Waals surface area contributed by atoms with Gasteiger partial charge >= 0.3 is 5.97 Å². The molecule has 0 unspecified atom stereocenters. The molecule has 0 aliphatic rings. The molecule has 1 rings (SSSR count). The Labute approximate surface area is 134 Å². The highest BCUT2D eigenvalue weighted by Gasteiger charge is 2.08. The van der Waals surface area contributed by atoms with Gasteiger partial charge in [0.15, 0.2) is 0 Å². The molecular formula is C15H19Cl2NO3. The van der Waals surface area contributed by atoms with Gasteiger partial charge in [-0.25, -0.2) is 0 Å². The molecule has 116 valence electrons. The molecule has 4 nitrogen and oxygen atoms in total. The maximum atomic E-state index is 11.5. The van der Waals surface area contributed by atoms with E-state index in [1.807, 2.05) is 13.8 Å². The van der Waals surface area contributed by atoms with Gasteiger partial charge in [-0.1, -0.05) is 43.1 Å². The number of rotatable bonds is 7. The Morgan fingerprint density at radius 3 is 2.57 bits per heavy atom. The van der Waals surface area contributed by atoms with Gasteiger partial charge < -0.3 is 10.1 Å². The van der Waals surface area contributed by atoms with Gasteiger partial charge in [0.2, 0.25) is 5.91 Å². The minimum absolute atomic E-state index is 0.0948. The highest BCUT2D eigenvalue weighted by atomic mass is 35.5. The third-order valence-electron chi connectivity index (χ3n) is 2.76. The zero-order valence-electron chi connectivity index (χ0n) is 12.1. The number of benzene rings is 1. The zero-order valence-corrected chi connectivity index (χ0v) is 13.6. The standard InChI is InChI=1S/C15H19Cl2NO3/c1-10(2)3-6-14(19)18-8-15(20)21-9-11-4-5-12(16)13(17)7-11/h4-5,7,10H,3,6,8-9H2,1-2H3,(H,18,19). The Morgan fingerprint density at radius 1 is 1.24 bits per heavy atom. The molecular weight excluding hydrogens is 313 g/mol. The number of carbonyl (C=O) groups is 2. The van der Waals surface area contributed by atoms with Crippen molar-refractivity contribution in [1.82, 2.24) is 5.32 Å². The zero-order chi connectivity index (χ0) is 15.8. The summed E-state index contributed by atoms with van der Waals surface area (Å²) in [6, 6.07) is 5.00. The number of halogens is 2. The molecule has 0 radical (unpaired) electrons. The van der Waals surface area contributed by atoms with Crippen LogP contribution in [0.4, 0.5) is 0 Å². The number of nitrogens with one attached hydrogen (secondary N) is 1. The lowest BCUT2D eigenvalue weighted by molar-refractivity contribution is -0.145. The summed E-state index contributed by atoms with van der Waals surface area (Å²) in [6.45, 7) is 4.05. The van der Waals surface area contributed by atoms with Gasteiger partial charge in [0, 0.05) is 6.42 Å². The average molecular weight is 332 g/mol. The molecule has 0 heterocycles. The van der Waals surface area contributed by atoms with E-state index in [0.717, 1.165) is 12.0 Å². The molecule has 1 aromatic rings. The van der Waals surface area contributed by atoms with E-state index in [-0.39, 0.29) is 19.1 Å². The fourth-order valence-corrected chi connectivity index (χ4v) is 1.84. The third-order valence-corrected chi connectivity index (χ3v) is 3.50. The summed E-state index contributed by atoms with van der Waals surface area (Å²) in [4.78, 5) is 23.0. The smallest absolute Gasteiger partial charge is 0.325 e. The van der Waals surface area contributed by atoms with E-state index in [1.165, 1.54) is 0 Å². The molecule has 1 amide bonds. The number of hydrogen-bond donors (Lipinski definition) is 1. The van der Waals surface area contributed by atoms with E-state index in [9.17, 15) is 9.59 Å². The van der Waals surface area contributed by atoms with Crippen molar-refractivity contribution in [1.29, 1.82) is 0 Å². The fourth-order valence-electron chi connectivity index (χ4n) is 1.52. The van der Waals surface area contributed by atoms with Crippen molar-refractivity contribution in [3.05, 3.63) is 33.8 Å². The van der Waals surface area contributed by atoms with Crippen LogP contribution in [0.25, 0.3) is 0 Å². The Morgan fingerprint density at radius 2 is 1.95 bits per heavy atom. The summed E-state index contributed by atoms with van der Waals surface area (Å²) >= 11 is 11.7. The molecule has 1 N–H and O–H groups in total. The van der Waals surface area contributed by atoms with Crippen LogP contribution in [0.3, 0.4) is 0 Å². The first-order chi connectivity index (χ1) is 9.88. The maximum Gasteiger partial charge on any atom is 0.325 e. The summed E-state index contributed by atoms with van der Waals surface area (Å²) < 4.78 is 5.04. The average Bonchev–Trinajstić information content (AvgIpc) is 2.44. The molecule has 0 spiro atoms. The van der Waals surface area contributed by atoms with Gasteiger partial charge in [0.05, 0.1) is 10.0 Å². The van der Waals surface area contributed by atoms with Crippen molar-refractivity contribution in [2.75, 3.05) is 6.54 Å². The van der Waals surface area contributed by atoms with E-state index in [1.54, 1.807) is 18.2 Å². The largest absolute Gasteiger partial charge is 0.460 e. The highest BCUT2D eigenvalue weighted by Crippen LogP contribution is 2.22. The number of esters is 1. The third kappa shape index (κ3) is 7.34. The second-order valence-electron chi connectivity index (χ2n) is 5.12. The van der Waals surface area contributed by atoms with Gasteiger partial charge in [0.1, 0.15) is 13.2 Å². The fraction of sp³-hybridized carbons (Fsp3) is 0.467. The van der Waals surface area contributed by atoms with E-state index in [2.05, 4.69) is 5.32 Å². The van der Waals surface area contributed by atoms with Crippen LogP contribution >= 0.6 is 23.2 Å². The molecule has 0 aliphatic carbocycles. The van der Waals surface area contributed by atoms with Crippen molar-refractivity contribution in [3.63, 3.8) is 0 Å². The highest BCUT2D eigenvalue weighted by molar-refractivity contribution is 6.42. The van der Waals surface area contributed by atoms with Crippen LogP contribution in [0.15, 0.2) is 18.2 Å². The van der Waals surface area contributed by atoms with E-state index in [4.69, 9.17) is 27.9 Å². The molecule has 0 saturated carbocycles. The van der Waals surface area contributed by atoms with Gasteiger partial charge in [-0.3, -0.25) is 9.59 Å². The topological polar surface area (TPSA) is 55.4 Å². The van der Waals surface area contributed by atoms with Crippen LogP contribution < -0.4 is 5.32 Å². The molecule has 0 fully saturated rings. The summed E-state index contributed by atoms with van der Waals surface area (Å²) in [5.74, 6) is -0.175. The number of hydrogen-bond acceptors (Lipinski definition) is 3. The number of amides is 1. The summed E-state index contributed by atoms with van der Waals surface area (Å²) in [7, 11) is 0. The van der Waals surface area contributed by atoms with E-state index < -0.39 is 5.97 Å². The molecule has 1 aromatic carbocycles. The molecule has 6 heteroatoms. The summed E-state index contributed by atoms with van der Waals surface area (Å²) in [5.41, 5.74) is 0.740. The van der Waals surface area contributed by atoms with Crippen molar-refractivity contribution in [2.24, 2.45) is 5.92 Å². The maximum absolute atomic E-state index is 11.5. The monoisotopic (exact) mass is 331 g/mol. The first-order valence-corrected chi connectivity index (χ1v) is 7.50. The first kappa shape index (κ1) is 17.8. The van der Waals surface area contributed by atoms with Crippen LogP contribution in [0.5, 0.6) is 0 Å². The van der Waals surface area contributed by atoms with Crippen molar-refractivity contribution in [2.45, 2.75) is 33.3 Å². The predicted molar refractivity (Wildman–Crippen MR) is 83.3 cm³/mol. The van der Waals surface area contributed by atoms with E-state index in [0.29, 0.717) is 22.4 Å². The van der Waals surface area contributed by atoms with Gasteiger partial charge in [-0.15, -0.1) is 0 Å². The molecule has 21 heavy (non-hydrogen) atoms. The number of carbonyl (C=O) groups excluding carboxylic acids is 2. The Balaban J connectivity index is 2.27. The minimum Gasteiger partial charge on any atom is -0.460 e. The lowest BCUT2D eigenvalue weighted by Crippen LogP contribution is -2.30. The molecule has 0 atom stereocenters. The van der Waals surface area contributed by atoms with Crippen LogP contribution in [0.2, 0.25) is 10.0 Å². The predicted octanol–water partition coefficient (Wildman–Crippen LogP) is 3.59. The van der Waals surface area contributed by atoms with Gasteiger partial charge in [0.25, 0.3) is 0 Å². The Hall–Kier alpha value is -1.26. The van der Waals surface area contributed by atoms with Crippen LogP contribution in [-0.2, 0) is 20.9 Å². The van der Waals surface area contributed by atoms with Crippen molar-refractivity contribution in [3.8, 4) is 0 Å². The number of ether oxygens (including phenoxy) is 1. The quantitative estimate of drug-likeness (QED) is 0.777. The van der Waals surface area contributed by atoms with Crippen molar-refractivity contribution < 1.29 is 14.3 Å². The normalized spacial score (nSPS) is 10.5. The lowest BCUT2D eigenvalue weighted by atomic mass is 10.1. The van der Waals surface area contributed by atoms with Crippen LogP contribution in [0.1, 0.15) is 32.3 Å². The molecule has 0 aliphatic heterocycles. The molecule has 0 bridgehead atoms. The van der Waals surface area contributed by atoms with Crippen LogP contribution in [-0.4, -0.2) is 18.4 Å². The molecule has 0 saturated heterocycles.